The first-order valence-electron chi connectivity index (χ1n) is 6.68. The molecule has 0 fully saturated rings. The Labute approximate surface area is 122 Å². The van der Waals surface area contributed by atoms with Crippen molar-refractivity contribution in [3.05, 3.63) is 59.3 Å². The SMILES string of the molecule is Cc1ccc(CN(C)C(=O)CC(O)c2cccc(F)c2)o1. The van der Waals surface area contributed by atoms with E-state index in [9.17, 15) is 14.3 Å². The summed E-state index contributed by atoms with van der Waals surface area (Å²) >= 11 is 0. The molecular formula is C16H18FNO3. The van der Waals surface area contributed by atoms with Crippen molar-refractivity contribution < 1.29 is 18.7 Å². The third kappa shape index (κ3) is 4.16. The van der Waals surface area contributed by atoms with Crippen LogP contribution >= 0.6 is 0 Å². The first-order chi connectivity index (χ1) is 9.95. The molecule has 2 aromatic rings. The Morgan fingerprint density at radius 1 is 1.38 bits per heavy atom. The van der Waals surface area contributed by atoms with Crippen LogP contribution < -0.4 is 0 Å². The summed E-state index contributed by atoms with van der Waals surface area (Å²) < 4.78 is 18.5. The Morgan fingerprint density at radius 2 is 2.14 bits per heavy atom. The van der Waals surface area contributed by atoms with Crippen LogP contribution in [0.2, 0.25) is 0 Å². The van der Waals surface area contributed by atoms with E-state index in [2.05, 4.69) is 0 Å². The summed E-state index contributed by atoms with van der Waals surface area (Å²) in [6, 6.07) is 9.26. The lowest BCUT2D eigenvalue weighted by Crippen LogP contribution is -2.27. The van der Waals surface area contributed by atoms with Gasteiger partial charge >= 0.3 is 0 Å². The molecule has 1 unspecified atom stereocenters. The number of hydrogen-bond donors (Lipinski definition) is 1. The Bertz CT molecular complexity index is 623. The van der Waals surface area contributed by atoms with Gasteiger partial charge in [-0.3, -0.25) is 4.79 Å². The molecule has 1 aromatic heterocycles. The van der Waals surface area contributed by atoms with Crippen molar-refractivity contribution in [2.24, 2.45) is 0 Å². The third-order valence-electron chi connectivity index (χ3n) is 3.22. The van der Waals surface area contributed by atoms with Crippen molar-refractivity contribution in [2.45, 2.75) is 26.0 Å². The van der Waals surface area contributed by atoms with Gasteiger partial charge in [-0.1, -0.05) is 12.1 Å². The lowest BCUT2D eigenvalue weighted by molar-refractivity contribution is -0.132. The summed E-state index contributed by atoms with van der Waals surface area (Å²) in [6.07, 6.45) is -1.12. The molecule has 21 heavy (non-hydrogen) atoms. The van der Waals surface area contributed by atoms with Crippen LogP contribution in [-0.2, 0) is 11.3 Å². The number of aliphatic hydroxyl groups is 1. The largest absolute Gasteiger partial charge is 0.464 e. The molecule has 1 atom stereocenters. The number of hydrogen-bond acceptors (Lipinski definition) is 3. The zero-order valence-corrected chi connectivity index (χ0v) is 12.0. The molecule has 0 bridgehead atoms. The topological polar surface area (TPSA) is 53.7 Å². The molecule has 0 aliphatic heterocycles. The fraction of sp³-hybridized carbons (Fsp3) is 0.312. The highest BCUT2D eigenvalue weighted by atomic mass is 19.1. The van der Waals surface area contributed by atoms with Gasteiger partial charge in [0.25, 0.3) is 0 Å². The van der Waals surface area contributed by atoms with Crippen molar-refractivity contribution in [3.63, 3.8) is 0 Å². The van der Waals surface area contributed by atoms with Crippen LogP contribution in [0, 0.1) is 12.7 Å². The number of aliphatic hydroxyl groups excluding tert-OH is 1. The third-order valence-corrected chi connectivity index (χ3v) is 3.22. The van der Waals surface area contributed by atoms with Crippen molar-refractivity contribution in [2.75, 3.05) is 7.05 Å². The number of benzene rings is 1. The van der Waals surface area contributed by atoms with E-state index in [-0.39, 0.29) is 12.3 Å². The van der Waals surface area contributed by atoms with E-state index >= 15 is 0 Å². The van der Waals surface area contributed by atoms with Crippen LogP contribution in [0.3, 0.4) is 0 Å². The van der Waals surface area contributed by atoms with Gasteiger partial charge in [0.2, 0.25) is 5.91 Å². The predicted molar refractivity (Wildman–Crippen MR) is 75.9 cm³/mol. The van der Waals surface area contributed by atoms with E-state index in [0.29, 0.717) is 17.9 Å². The monoisotopic (exact) mass is 291 g/mol. The van der Waals surface area contributed by atoms with E-state index in [1.807, 2.05) is 19.1 Å². The van der Waals surface area contributed by atoms with E-state index in [1.54, 1.807) is 13.1 Å². The van der Waals surface area contributed by atoms with Gasteiger partial charge in [0, 0.05) is 7.05 Å². The summed E-state index contributed by atoms with van der Waals surface area (Å²) in [7, 11) is 1.64. The highest BCUT2D eigenvalue weighted by molar-refractivity contribution is 5.76. The maximum atomic E-state index is 13.1. The smallest absolute Gasteiger partial charge is 0.225 e. The van der Waals surface area contributed by atoms with Crippen molar-refractivity contribution in [1.82, 2.24) is 4.90 Å². The van der Waals surface area contributed by atoms with E-state index < -0.39 is 11.9 Å². The average molecular weight is 291 g/mol. The molecule has 112 valence electrons. The summed E-state index contributed by atoms with van der Waals surface area (Å²) in [4.78, 5) is 13.5. The van der Waals surface area contributed by atoms with E-state index in [4.69, 9.17) is 4.42 Å². The highest BCUT2D eigenvalue weighted by Gasteiger charge is 2.17. The number of aryl methyl sites for hydroxylation is 1. The van der Waals surface area contributed by atoms with Gasteiger partial charge in [-0.15, -0.1) is 0 Å². The van der Waals surface area contributed by atoms with E-state index in [0.717, 1.165) is 5.76 Å². The van der Waals surface area contributed by atoms with Crippen LogP contribution in [0.15, 0.2) is 40.8 Å². The zero-order chi connectivity index (χ0) is 15.4. The molecule has 1 aromatic carbocycles. The van der Waals surface area contributed by atoms with Gasteiger partial charge in [0.05, 0.1) is 19.1 Å². The van der Waals surface area contributed by atoms with Crippen LogP contribution in [0.4, 0.5) is 4.39 Å². The number of furan rings is 1. The molecule has 0 saturated heterocycles. The number of rotatable bonds is 5. The second kappa shape index (κ2) is 6.54. The second-order valence-electron chi connectivity index (χ2n) is 5.04. The molecule has 0 aliphatic carbocycles. The number of nitrogens with zero attached hydrogens (tertiary/aromatic N) is 1. The molecule has 1 amide bonds. The highest BCUT2D eigenvalue weighted by Crippen LogP contribution is 2.19. The second-order valence-corrected chi connectivity index (χ2v) is 5.04. The van der Waals surface area contributed by atoms with Crippen molar-refractivity contribution in [3.8, 4) is 0 Å². The minimum Gasteiger partial charge on any atom is -0.464 e. The molecule has 0 aliphatic rings. The predicted octanol–water partition coefficient (Wildman–Crippen LogP) is 2.81. The number of halogens is 1. The minimum atomic E-state index is -1.02. The van der Waals surface area contributed by atoms with Gasteiger partial charge < -0.3 is 14.4 Å². The number of amides is 1. The van der Waals surface area contributed by atoms with E-state index in [1.165, 1.54) is 23.1 Å². The maximum Gasteiger partial charge on any atom is 0.225 e. The zero-order valence-electron chi connectivity index (χ0n) is 12.0. The summed E-state index contributed by atoms with van der Waals surface area (Å²) in [6.45, 7) is 2.17. The van der Waals surface area contributed by atoms with Crippen LogP contribution in [0.1, 0.15) is 29.6 Å². The van der Waals surface area contributed by atoms with Crippen molar-refractivity contribution >= 4 is 5.91 Å². The van der Waals surface area contributed by atoms with Gasteiger partial charge in [-0.2, -0.15) is 0 Å². The summed E-state index contributed by atoms with van der Waals surface area (Å²) in [5.41, 5.74) is 0.394. The molecule has 4 nitrogen and oxygen atoms in total. The van der Waals surface area contributed by atoms with Crippen LogP contribution in [-0.4, -0.2) is 23.0 Å². The van der Waals surface area contributed by atoms with Gasteiger partial charge in [0.1, 0.15) is 17.3 Å². The molecule has 0 spiro atoms. The Kier molecular flexibility index (Phi) is 4.75. The fourth-order valence-corrected chi connectivity index (χ4v) is 2.04. The molecule has 1 N–H and O–H groups in total. The standard InChI is InChI=1S/C16H18FNO3/c1-11-6-7-14(21-11)10-18(2)16(20)9-15(19)12-4-3-5-13(17)8-12/h3-8,15,19H,9-10H2,1-2H3. The Morgan fingerprint density at radius 3 is 2.76 bits per heavy atom. The lowest BCUT2D eigenvalue weighted by Gasteiger charge is -2.18. The minimum absolute atomic E-state index is 0.0976. The summed E-state index contributed by atoms with van der Waals surface area (Å²) in [5.74, 6) is 0.800. The molecule has 0 radical (unpaired) electrons. The quantitative estimate of drug-likeness (QED) is 0.921. The molecule has 5 heteroatoms. The maximum absolute atomic E-state index is 13.1. The first-order valence-corrected chi connectivity index (χ1v) is 6.68. The fourth-order valence-electron chi connectivity index (χ4n) is 2.04. The first kappa shape index (κ1) is 15.3. The van der Waals surface area contributed by atoms with Gasteiger partial charge in [-0.05, 0) is 36.8 Å². The lowest BCUT2D eigenvalue weighted by atomic mass is 10.1. The molecule has 0 saturated carbocycles. The van der Waals surface area contributed by atoms with Gasteiger partial charge in [0.15, 0.2) is 0 Å². The van der Waals surface area contributed by atoms with Crippen LogP contribution in [0.5, 0.6) is 0 Å². The van der Waals surface area contributed by atoms with Gasteiger partial charge in [-0.25, -0.2) is 4.39 Å². The summed E-state index contributed by atoms with van der Waals surface area (Å²) in [5, 5.41) is 10.00. The molecule has 1 heterocycles. The normalized spacial score (nSPS) is 12.2. The Hall–Kier alpha value is -2.14. The molecular weight excluding hydrogens is 273 g/mol. The number of carbonyl (C=O) groups is 1. The molecule has 2 rings (SSSR count). The number of carbonyl (C=O) groups excluding carboxylic acids is 1. The van der Waals surface area contributed by atoms with Crippen molar-refractivity contribution in [1.29, 1.82) is 0 Å². The van der Waals surface area contributed by atoms with Crippen LogP contribution in [0.25, 0.3) is 0 Å². The Balaban J connectivity index is 1.94. The average Bonchev–Trinajstić information content (AvgIpc) is 2.84.